The minimum absolute atomic E-state index is 0.00521. The monoisotopic (exact) mass is 524 g/mol. The molecule has 0 fully saturated rings. The SMILES string of the molecule is COc1cc(N=Nc2sc(N(C(C)C)C(C)C)n[n+]2C)c(NC(C)=O)cc1Nc1ccc(C(C)=O)cc1. The molecule has 1 heterocycles. The number of carbonyl (C=O) groups excluding carboxylic acids is 2. The number of benzene rings is 2. The van der Waals surface area contributed by atoms with Gasteiger partial charge in [-0.2, -0.15) is 0 Å². The number of hydrogen-bond acceptors (Lipinski definition) is 9. The maximum absolute atomic E-state index is 11.9. The summed E-state index contributed by atoms with van der Waals surface area (Å²) in [6.07, 6.45) is 0. The molecule has 37 heavy (non-hydrogen) atoms. The number of anilines is 4. The second-order valence-corrected chi connectivity index (χ2v) is 10.0. The van der Waals surface area contributed by atoms with Crippen molar-refractivity contribution >= 4 is 56.0 Å². The first-order valence-electron chi connectivity index (χ1n) is 11.9. The Morgan fingerprint density at radius 2 is 1.68 bits per heavy atom. The lowest BCUT2D eigenvalue weighted by molar-refractivity contribution is -0.712. The van der Waals surface area contributed by atoms with Gasteiger partial charge in [0, 0.05) is 36.3 Å². The molecule has 1 amide bonds. The fraction of sp³-hybridized carbons (Fsp3) is 0.385. The molecule has 2 N–H and O–H groups in total. The van der Waals surface area contributed by atoms with E-state index in [0.29, 0.717) is 33.5 Å². The number of amides is 1. The van der Waals surface area contributed by atoms with Gasteiger partial charge in [-0.15, -0.1) is 4.68 Å². The van der Waals surface area contributed by atoms with Crippen LogP contribution >= 0.6 is 11.3 Å². The third-order valence-electron chi connectivity index (χ3n) is 5.47. The van der Waals surface area contributed by atoms with Gasteiger partial charge >= 0.3 is 5.13 Å². The van der Waals surface area contributed by atoms with Crippen LogP contribution < -0.4 is 25.0 Å². The Bertz CT molecular complexity index is 1290. The number of ketones is 1. The topological polar surface area (TPSA) is 112 Å². The van der Waals surface area contributed by atoms with Crippen molar-refractivity contribution in [2.45, 2.75) is 53.6 Å². The normalized spacial score (nSPS) is 11.3. The number of aryl methyl sites for hydroxylation is 1. The van der Waals surface area contributed by atoms with Gasteiger partial charge in [0.15, 0.2) is 5.78 Å². The van der Waals surface area contributed by atoms with E-state index >= 15 is 0 Å². The van der Waals surface area contributed by atoms with Gasteiger partial charge in [0.2, 0.25) is 11.0 Å². The van der Waals surface area contributed by atoms with E-state index < -0.39 is 0 Å². The number of azo groups is 1. The molecule has 0 aliphatic rings. The molecule has 0 unspecified atom stereocenters. The largest absolute Gasteiger partial charge is 0.494 e. The van der Waals surface area contributed by atoms with Crippen molar-refractivity contribution in [3.05, 3.63) is 42.0 Å². The standard InChI is InChI=1S/C26H33N7O3S/c1-15(2)33(16(3)4)26-31-32(7)25(37-26)30-29-22-14-24(36-8)23(13-21(22)27-18(6)35)28-20-11-9-19(10-12-20)17(5)34/h9-16H,1-8H3,(H,27,28,34,35)/p+1. The van der Waals surface area contributed by atoms with Crippen LogP contribution in [-0.2, 0) is 11.8 Å². The van der Waals surface area contributed by atoms with E-state index in [4.69, 9.17) is 4.74 Å². The Kier molecular flexibility index (Phi) is 8.93. The molecule has 2 aromatic carbocycles. The van der Waals surface area contributed by atoms with Crippen molar-refractivity contribution in [2.24, 2.45) is 17.3 Å². The van der Waals surface area contributed by atoms with E-state index in [1.54, 1.807) is 48.2 Å². The zero-order chi connectivity index (χ0) is 27.3. The summed E-state index contributed by atoms with van der Waals surface area (Å²) in [4.78, 5) is 25.7. The molecule has 0 radical (unpaired) electrons. The molecule has 0 bridgehead atoms. The predicted octanol–water partition coefficient (Wildman–Crippen LogP) is 5.92. The zero-order valence-electron chi connectivity index (χ0n) is 22.5. The fourth-order valence-electron chi connectivity index (χ4n) is 3.82. The number of aromatic nitrogens is 2. The highest BCUT2D eigenvalue weighted by molar-refractivity contribution is 7.18. The molecule has 11 heteroatoms. The maximum atomic E-state index is 11.9. The predicted molar refractivity (Wildman–Crippen MR) is 147 cm³/mol. The van der Waals surface area contributed by atoms with Crippen LogP contribution in [0.1, 0.15) is 51.9 Å². The van der Waals surface area contributed by atoms with Crippen molar-refractivity contribution < 1.29 is 19.0 Å². The van der Waals surface area contributed by atoms with Crippen molar-refractivity contribution in [3.63, 3.8) is 0 Å². The lowest BCUT2D eigenvalue weighted by atomic mass is 10.1. The summed E-state index contributed by atoms with van der Waals surface area (Å²) in [6, 6.07) is 11.1. The molecular formula is C26H34N7O3S+. The summed E-state index contributed by atoms with van der Waals surface area (Å²) >= 11 is 1.44. The third kappa shape index (κ3) is 6.88. The van der Waals surface area contributed by atoms with Gasteiger partial charge in [0.05, 0.1) is 23.6 Å². The smallest absolute Gasteiger partial charge is 0.431 e. The van der Waals surface area contributed by atoms with Crippen LogP contribution in [0, 0.1) is 0 Å². The van der Waals surface area contributed by atoms with Crippen LogP contribution in [0.15, 0.2) is 46.6 Å². The highest BCUT2D eigenvalue weighted by atomic mass is 32.1. The molecule has 1 aromatic heterocycles. The first-order valence-corrected chi connectivity index (χ1v) is 12.8. The number of methoxy groups -OCH3 is 1. The van der Waals surface area contributed by atoms with E-state index in [-0.39, 0.29) is 23.8 Å². The van der Waals surface area contributed by atoms with Gasteiger partial charge in [-0.3, -0.25) is 9.59 Å². The van der Waals surface area contributed by atoms with E-state index in [1.165, 1.54) is 25.2 Å². The Balaban J connectivity index is 1.97. The molecular weight excluding hydrogens is 490 g/mol. The number of nitrogens with zero attached hydrogens (tertiary/aromatic N) is 5. The average Bonchev–Trinajstić information content (AvgIpc) is 3.17. The highest BCUT2D eigenvalue weighted by Gasteiger charge is 2.24. The van der Waals surface area contributed by atoms with Gasteiger partial charge in [-0.25, -0.2) is 0 Å². The number of Topliss-reactive ketones (excluding diaryl/α,β-unsaturated/α-hetero) is 1. The quantitative estimate of drug-likeness (QED) is 0.193. The molecule has 0 aliphatic carbocycles. The summed E-state index contributed by atoms with van der Waals surface area (Å²) < 4.78 is 7.28. The van der Waals surface area contributed by atoms with Gasteiger partial charge in [0.25, 0.3) is 0 Å². The molecule has 0 saturated carbocycles. The molecule has 10 nitrogen and oxygen atoms in total. The zero-order valence-corrected chi connectivity index (χ0v) is 23.3. The maximum Gasteiger partial charge on any atom is 0.431 e. The van der Waals surface area contributed by atoms with Gasteiger partial charge in [-0.1, -0.05) is 5.10 Å². The van der Waals surface area contributed by atoms with Crippen LogP contribution in [0.3, 0.4) is 0 Å². The number of hydrogen-bond donors (Lipinski definition) is 2. The summed E-state index contributed by atoms with van der Waals surface area (Å²) in [5.41, 5.74) is 2.91. The van der Waals surface area contributed by atoms with Crippen molar-refractivity contribution in [1.29, 1.82) is 0 Å². The van der Waals surface area contributed by atoms with Crippen LogP contribution in [0.5, 0.6) is 5.75 Å². The van der Waals surface area contributed by atoms with E-state index in [0.717, 1.165) is 10.8 Å². The van der Waals surface area contributed by atoms with Crippen LogP contribution in [0.25, 0.3) is 0 Å². The molecule has 0 atom stereocenters. The summed E-state index contributed by atoms with van der Waals surface area (Å²) in [7, 11) is 3.38. The average molecular weight is 525 g/mol. The van der Waals surface area contributed by atoms with E-state index in [9.17, 15) is 9.59 Å². The van der Waals surface area contributed by atoms with Gasteiger partial charge in [-0.05, 0) is 81.4 Å². The lowest BCUT2D eigenvalue weighted by Crippen LogP contribution is -2.39. The van der Waals surface area contributed by atoms with Crippen LogP contribution in [-0.4, -0.2) is 36.0 Å². The molecule has 0 aliphatic heterocycles. The third-order valence-corrected chi connectivity index (χ3v) is 6.47. The number of carbonyl (C=O) groups is 2. The van der Waals surface area contributed by atoms with Gasteiger partial charge < -0.3 is 20.3 Å². The number of rotatable bonds is 10. The van der Waals surface area contributed by atoms with Crippen molar-refractivity contribution in [1.82, 2.24) is 5.10 Å². The van der Waals surface area contributed by atoms with E-state index in [1.807, 2.05) is 7.05 Å². The Labute approximate surface area is 221 Å². The lowest BCUT2D eigenvalue weighted by Gasteiger charge is -2.28. The van der Waals surface area contributed by atoms with E-state index in [2.05, 4.69) is 58.6 Å². The van der Waals surface area contributed by atoms with Crippen molar-refractivity contribution in [3.8, 4) is 5.75 Å². The molecule has 196 valence electrons. The Morgan fingerprint density at radius 3 is 2.22 bits per heavy atom. The molecule has 0 spiro atoms. The number of ether oxygens (including phenoxy) is 1. The number of nitrogens with one attached hydrogen (secondary N) is 2. The van der Waals surface area contributed by atoms with Gasteiger partial charge in [0.1, 0.15) is 18.5 Å². The minimum Gasteiger partial charge on any atom is -0.494 e. The summed E-state index contributed by atoms with van der Waals surface area (Å²) in [5.74, 6) is 0.266. The Morgan fingerprint density at radius 1 is 1.03 bits per heavy atom. The second kappa shape index (κ2) is 11.9. The molecule has 3 rings (SSSR count). The summed E-state index contributed by atoms with van der Waals surface area (Å²) in [5, 5.41) is 21.1. The Hall–Kier alpha value is -3.86. The molecule has 3 aromatic rings. The minimum atomic E-state index is -0.242. The first-order chi connectivity index (χ1) is 17.5. The fourth-order valence-corrected chi connectivity index (χ4v) is 4.92. The summed E-state index contributed by atoms with van der Waals surface area (Å²) in [6.45, 7) is 11.5. The second-order valence-electron chi connectivity index (χ2n) is 9.09. The first kappa shape index (κ1) is 27.7. The van der Waals surface area contributed by atoms with Crippen LogP contribution in [0.2, 0.25) is 0 Å². The van der Waals surface area contributed by atoms with Crippen LogP contribution in [0.4, 0.5) is 33.0 Å². The molecule has 0 saturated heterocycles. The van der Waals surface area contributed by atoms with Crippen molar-refractivity contribution in [2.75, 3.05) is 22.6 Å². The highest BCUT2D eigenvalue weighted by Crippen LogP contribution is 2.39.